The summed E-state index contributed by atoms with van der Waals surface area (Å²) in [6.07, 6.45) is 0.454. The number of likely N-dealkylation sites (N-methyl/N-ethyl adjacent to an activating group) is 1. The van der Waals surface area contributed by atoms with Gasteiger partial charge in [-0.2, -0.15) is 0 Å². The van der Waals surface area contributed by atoms with Crippen molar-refractivity contribution in [3.8, 4) is 0 Å². The molecule has 1 unspecified atom stereocenters. The highest BCUT2D eigenvalue weighted by Crippen LogP contribution is 2.13. The molecule has 1 aromatic carbocycles. The fourth-order valence-electron chi connectivity index (χ4n) is 1.44. The molecule has 0 aliphatic carbocycles. The number of rotatable bonds is 4. The molecule has 0 saturated heterocycles. The van der Waals surface area contributed by atoms with Gasteiger partial charge in [-0.1, -0.05) is 50.9 Å². The average molecular weight is 349 g/mol. The number of halogens is 2. The third-order valence-corrected chi connectivity index (χ3v) is 2.98. The molecule has 1 rings (SSSR count). The normalized spacial score (nSPS) is 12.2. The van der Waals surface area contributed by atoms with Gasteiger partial charge < -0.3 is 4.90 Å². The van der Waals surface area contributed by atoms with E-state index in [1.54, 1.807) is 4.90 Å². The summed E-state index contributed by atoms with van der Waals surface area (Å²) in [6.45, 7) is 2.76. The van der Waals surface area contributed by atoms with E-state index in [9.17, 15) is 4.79 Å². The lowest BCUT2D eigenvalue weighted by Crippen LogP contribution is -2.32. The first-order chi connectivity index (χ1) is 7.49. The average Bonchev–Trinajstić information content (AvgIpc) is 2.16. The van der Waals surface area contributed by atoms with Gasteiger partial charge in [-0.05, 0) is 17.7 Å². The summed E-state index contributed by atoms with van der Waals surface area (Å²) >= 11 is 6.84. The van der Waals surface area contributed by atoms with Gasteiger partial charge in [-0.3, -0.25) is 4.79 Å². The van der Waals surface area contributed by atoms with Crippen molar-refractivity contribution in [2.45, 2.75) is 18.2 Å². The minimum atomic E-state index is 0.143. The molecule has 0 bridgehead atoms. The van der Waals surface area contributed by atoms with Crippen LogP contribution in [0, 0.1) is 0 Å². The molecule has 0 spiro atoms. The Morgan fingerprint density at radius 2 is 2.19 bits per heavy atom. The van der Waals surface area contributed by atoms with E-state index in [2.05, 4.69) is 31.9 Å². The zero-order valence-corrected chi connectivity index (χ0v) is 12.6. The fraction of sp³-hybridized carbons (Fsp3) is 0.417. The van der Waals surface area contributed by atoms with Crippen molar-refractivity contribution in [3.05, 3.63) is 34.3 Å². The first kappa shape index (κ1) is 13.7. The number of hydrogen-bond donors (Lipinski definition) is 0. The monoisotopic (exact) mass is 347 g/mol. The van der Waals surface area contributed by atoms with E-state index < -0.39 is 0 Å². The Kier molecular flexibility index (Phi) is 5.49. The van der Waals surface area contributed by atoms with Crippen molar-refractivity contribution in [3.63, 3.8) is 0 Å². The van der Waals surface area contributed by atoms with Crippen LogP contribution in [0.4, 0.5) is 0 Å². The molecule has 0 aliphatic heterocycles. The van der Waals surface area contributed by atoms with E-state index in [0.717, 1.165) is 16.6 Å². The van der Waals surface area contributed by atoms with Gasteiger partial charge in [0.15, 0.2) is 0 Å². The molecule has 88 valence electrons. The van der Waals surface area contributed by atoms with Gasteiger partial charge in [-0.25, -0.2) is 0 Å². The van der Waals surface area contributed by atoms with Crippen LogP contribution in [0.2, 0.25) is 0 Å². The summed E-state index contributed by atoms with van der Waals surface area (Å²) in [5.74, 6) is 0.143. The molecule has 0 aromatic heterocycles. The maximum absolute atomic E-state index is 11.8. The summed E-state index contributed by atoms with van der Waals surface area (Å²) in [7, 11) is 1.83. The lowest BCUT2D eigenvalue weighted by atomic mass is 10.1. The van der Waals surface area contributed by atoms with E-state index >= 15 is 0 Å². The maximum Gasteiger partial charge on any atom is 0.226 e. The molecule has 0 radical (unpaired) electrons. The molecule has 0 N–H and O–H groups in total. The predicted octanol–water partition coefficient (Wildman–Crippen LogP) is 3.23. The molecule has 2 nitrogen and oxygen atoms in total. The van der Waals surface area contributed by atoms with Crippen LogP contribution in [0.1, 0.15) is 12.5 Å². The van der Waals surface area contributed by atoms with Crippen LogP contribution in [0.15, 0.2) is 28.7 Å². The van der Waals surface area contributed by atoms with Crippen molar-refractivity contribution in [1.82, 2.24) is 4.90 Å². The zero-order valence-electron chi connectivity index (χ0n) is 9.41. The highest BCUT2D eigenvalue weighted by atomic mass is 79.9. The van der Waals surface area contributed by atoms with Crippen LogP contribution in [-0.4, -0.2) is 29.2 Å². The lowest BCUT2D eigenvalue weighted by Gasteiger charge is -2.18. The lowest BCUT2D eigenvalue weighted by molar-refractivity contribution is -0.129. The van der Waals surface area contributed by atoms with E-state index in [1.165, 1.54) is 0 Å². The van der Waals surface area contributed by atoms with Crippen molar-refractivity contribution < 1.29 is 4.79 Å². The van der Waals surface area contributed by atoms with Crippen LogP contribution in [0.25, 0.3) is 0 Å². The molecule has 4 heteroatoms. The van der Waals surface area contributed by atoms with Crippen LogP contribution >= 0.6 is 31.9 Å². The highest BCUT2D eigenvalue weighted by molar-refractivity contribution is 9.10. The number of carbonyl (C=O) groups excluding carboxylic acids is 1. The van der Waals surface area contributed by atoms with Crippen molar-refractivity contribution >= 4 is 37.8 Å². The number of hydrogen-bond acceptors (Lipinski definition) is 1. The highest BCUT2D eigenvalue weighted by Gasteiger charge is 2.11. The Labute approximate surface area is 113 Å². The summed E-state index contributed by atoms with van der Waals surface area (Å²) in [5, 5.41) is 0. The number of nitrogens with zero attached hydrogens (tertiary/aromatic N) is 1. The number of carbonyl (C=O) groups is 1. The largest absolute Gasteiger partial charge is 0.344 e. The second kappa shape index (κ2) is 6.40. The first-order valence-corrected chi connectivity index (χ1v) is 6.82. The van der Waals surface area contributed by atoms with Crippen molar-refractivity contribution in [1.29, 1.82) is 0 Å². The predicted molar refractivity (Wildman–Crippen MR) is 73.9 cm³/mol. The van der Waals surface area contributed by atoms with Crippen molar-refractivity contribution in [2.75, 3.05) is 13.6 Å². The number of alkyl halides is 1. The van der Waals surface area contributed by atoms with Crippen LogP contribution in [0.5, 0.6) is 0 Å². The molecule has 1 atom stereocenters. The van der Waals surface area contributed by atoms with Gasteiger partial charge >= 0.3 is 0 Å². The molecule has 1 aromatic rings. The molecular weight excluding hydrogens is 334 g/mol. The van der Waals surface area contributed by atoms with Crippen molar-refractivity contribution in [2.24, 2.45) is 0 Å². The quantitative estimate of drug-likeness (QED) is 0.765. The van der Waals surface area contributed by atoms with Gasteiger partial charge in [0.05, 0.1) is 6.42 Å². The Morgan fingerprint density at radius 3 is 2.75 bits per heavy atom. The first-order valence-electron chi connectivity index (χ1n) is 5.11. The number of benzene rings is 1. The zero-order chi connectivity index (χ0) is 12.1. The molecule has 16 heavy (non-hydrogen) atoms. The van der Waals surface area contributed by atoms with Gasteiger partial charge in [0.2, 0.25) is 5.91 Å². The molecule has 0 saturated carbocycles. The topological polar surface area (TPSA) is 20.3 Å². The van der Waals surface area contributed by atoms with E-state index in [1.807, 2.05) is 38.2 Å². The molecular formula is C12H15Br2NO. The van der Waals surface area contributed by atoms with E-state index in [0.29, 0.717) is 11.2 Å². The second-order valence-corrected chi connectivity index (χ2v) is 6.34. The molecule has 0 heterocycles. The van der Waals surface area contributed by atoms with Gasteiger partial charge in [0, 0.05) is 22.9 Å². The van der Waals surface area contributed by atoms with Crippen LogP contribution in [0.3, 0.4) is 0 Å². The van der Waals surface area contributed by atoms with Gasteiger partial charge in [0.1, 0.15) is 0 Å². The SMILES string of the molecule is CC(Br)CN(C)C(=O)Cc1cccc(Br)c1. The summed E-state index contributed by atoms with van der Waals surface area (Å²) in [6, 6.07) is 7.84. The summed E-state index contributed by atoms with van der Waals surface area (Å²) in [5.41, 5.74) is 1.04. The third kappa shape index (κ3) is 4.66. The van der Waals surface area contributed by atoms with Gasteiger partial charge in [0.25, 0.3) is 0 Å². The van der Waals surface area contributed by atoms with Crippen LogP contribution in [-0.2, 0) is 11.2 Å². The minimum Gasteiger partial charge on any atom is -0.344 e. The van der Waals surface area contributed by atoms with E-state index in [-0.39, 0.29) is 5.91 Å². The van der Waals surface area contributed by atoms with E-state index in [4.69, 9.17) is 0 Å². The maximum atomic E-state index is 11.8. The molecule has 0 aliphatic rings. The van der Waals surface area contributed by atoms with Crippen LogP contribution < -0.4 is 0 Å². The second-order valence-electron chi connectivity index (χ2n) is 3.86. The Balaban J connectivity index is 2.57. The molecule has 0 fully saturated rings. The standard InChI is InChI=1S/C12H15Br2NO/c1-9(13)8-15(2)12(16)7-10-4-3-5-11(14)6-10/h3-6,9H,7-8H2,1-2H3. The summed E-state index contributed by atoms with van der Waals surface area (Å²) < 4.78 is 1.01. The Bertz CT molecular complexity index is 366. The fourth-order valence-corrected chi connectivity index (χ4v) is 2.32. The molecule has 1 amide bonds. The Morgan fingerprint density at radius 1 is 1.50 bits per heavy atom. The minimum absolute atomic E-state index is 0.143. The summed E-state index contributed by atoms with van der Waals surface area (Å²) in [4.78, 5) is 13.9. The third-order valence-electron chi connectivity index (χ3n) is 2.20. The van der Waals surface area contributed by atoms with Gasteiger partial charge in [-0.15, -0.1) is 0 Å². The Hall–Kier alpha value is -0.350. The smallest absolute Gasteiger partial charge is 0.226 e. The number of amides is 1.